The molecule has 2 unspecified atom stereocenters. The van der Waals surface area contributed by atoms with Crippen molar-refractivity contribution in [1.82, 2.24) is 5.32 Å². The molecule has 1 heterocycles. The van der Waals surface area contributed by atoms with Crippen LogP contribution in [0.3, 0.4) is 0 Å². The van der Waals surface area contributed by atoms with Crippen LogP contribution < -0.4 is 15.8 Å². The second-order valence-electron chi connectivity index (χ2n) is 13.4. The Kier molecular flexibility index (Phi) is 9.75. The molecular formula is C50H44N2O. The van der Waals surface area contributed by atoms with Crippen LogP contribution in [0.5, 0.6) is 5.75 Å². The minimum Gasteiger partial charge on any atom is -0.485 e. The monoisotopic (exact) mass is 688 g/mol. The fourth-order valence-corrected chi connectivity index (χ4v) is 7.64. The molecule has 3 N–H and O–H groups in total. The fourth-order valence-electron chi connectivity index (χ4n) is 7.64. The quantitative estimate of drug-likeness (QED) is 0.123. The van der Waals surface area contributed by atoms with E-state index >= 15 is 0 Å². The highest BCUT2D eigenvalue weighted by atomic mass is 16.5. The Morgan fingerprint density at radius 2 is 1.42 bits per heavy atom. The molecule has 0 fully saturated rings. The van der Waals surface area contributed by atoms with Gasteiger partial charge in [0.1, 0.15) is 18.0 Å². The van der Waals surface area contributed by atoms with Crippen LogP contribution in [-0.2, 0) is 6.42 Å². The van der Waals surface area contributed by atoms with Gasteiger partial charge in [-0.3, -0.25) is 0 Å². The van der Waals surface area contributed by atoms with Gasteiger partial charge in [-0.1, -0.05) is 172 Å². The summed E-state index contributed by atoms with van der Waals surface area (Å²) in [6.07, 6.45) is 7.98. The molecule has 53 heavy (non-hydrogen) atoms. The number of nitrogens with one attached hydrogen (secondary N) is 1. The summed E-state index contributed by atoms with van der Waals surface area (Å²) < 4.78 is 6.54. The van der Waals surface area contributed by atoms with E-state index in [2.05, 4.69) is 175 Å². The largest absolute Gasteiger partial charge is 0.485 e. The Morgan fingerprint density at radius 1 is 0.698 bits per heavy atom. The number of allylic oxidation sites excluding steroid dienone is 3. The molecule has 0 aromatic heterocycles. The van der Waals surface area contributed by atoms with E-state index in [-0.39, 0.29) is 6.10 Å². The molecular weight excluding hydrogens is 645 g/mol. The number of hydrogen-bond acceptors (Lipinski definition) is 3. The lowest BCUT2D eigenvalue weighted by molar-refractivity contribution is 0.279. The van der Waals surface area contributed by atoms with Crippen molar-refractivity contribution in [2.75, 3.05) is 0 Å². The van der Waals surface area contributed by atoms with Gasteiger partial charge in [0.2, 0.25) is 0 Å². The van der Waals surface area contributed by atoms with Gasteiger partial charge in [0.05, 0.1) is 0 Å². The van der Waals surface area contributed by atoms with Gasteiger partial charge in [-0.2, -0.15) is 0 Å². The van der Waals surface area contributed by atoms with Gasteiger partial charge in [-0.05, 0) is 85.1 Å². The molecule has 7 aromatic rings. The molecule has 0 spiro atoms. The molecule has 9 rings (SSSR count). The van der Waals surface area contributed by atoms with Crippen molar-refractivity contribution < 1.29 is 4.74 Å². The van der Waals surface area contributed by atoms with Gasteiger partial charge < -0.3 is 15.8 Å². The molecule has 260 valence electrons. The molecule has 3 heteroatoms. The molecule has 0 saturated carbocycles. The predicted octanol–water partition coefficient (Wildman–Crippen LogP) is 12.1. The number of rotatable bonds is 8. The summed E-state index contributed by atoms with van der Waals surface area (Å²) in [6, 6.07) is 55.9. The molecule has 0 amide bonds. The smallest absolute Gasteiger partial charge is 0.128 e. The highest BCUT2D eigenvalue weighted by Crippen LogP contribution is 2.46. The standard InChI is InChI=1S/C48H38N2O.C2H6/c49-48(50-44(35-15-5-2-6-16-35)27-21-32-11-9-17-36(29-32)33-12-3-1-4-13-33)42-19-10-20-46-47(42)43-31-38(25-28-45(43)51-46)37-24-26-41-39(30-37)23-22-34-14-7-8-18-40(34)41;1-2/h1-20,22-27,29-31,45,48,50H,21,28,49H2;1-2H3/b44-27-;. The van der Waals surface area contributed by atoms with Gasteiger partial charge in [-0.25, -0.2) is 0 Å². The average molecular weight is 689 g/mol. The summed E-state index contributed by atoms with van der Waals surface area (Å²) in [5.74, 6) is 0.892. The average Bonchev–Trinajstić information content (AvgIpc) is 3.62. The third-order valence-corrected chi connectivity index (χ3v) is 10.2. The van der Waals surface area contributed by atoms with Crippen LogP contribution in [0.2, 0.25) is 0 Å². The van der Waals surface area contributed by atoms with Crippen LogP contribution >= 0.6 is 0 Å². The number of fused-ring (bicyclic) bond motifs is 6. The van der Waals surface area contributed by atoms with Crippen molar-refractivity contribution in [3.8, 4) is 16.9 Å². The first-order chi connectivity index (χ1) is 26.2. The van der Waals surface area contributed by atoms with Crippen molar-refractivity contribution in [1.29, 1.82) is 0 Å². The molecule has 0 bridgehead atoms. The number of benzene rings is 7. The Balaban J connectivity index is 0.00000197. The topological polar surface area (TPSA) is 47.3 Å². The van der Waals surface area contributed by atoms with Gasteiger partial charge in [0.15, 0.2) is 0 Å². The number of nitrogens with two attached hydrogens (primary N) is 1. The first-order valence-corrected chi connectivity index (χ1v) is 18.7. The van der Waals surface area contributed by atoms with Gasteiger partial charge in [-0.15, -0.1) is 0 Å². The van der Waals surface area contributed by atoms with Crippen molar-refractivity contribution in [2.24, 2.45) is 5.73 Å². The number of ether oxygens (including phenoxy) is 1. The van der Waals surface area contributed by atoms with Crippen molar-refractivity contribution in [2.45, 2.75) is 39.0 Å². The third-order valence-electron chi connectivity index (χ3n) is 10.2. The minimum atomic E-state index is -0.450. The molecule has 3 nitrogen and oxygen atoms in total. The second-order valence-corrected chi connectivity index (χ2v) is 13.4. The predicted molar refractivity (Wildman–Crippen MR) is 224 cm³/mol. The van der Waals surface area contributed by atoms with E-state index < -0.39 is 6.17 Å². The third kappa shape index (κ3) is 6.92. The van der Waals surface area contributed by atoms with E-state index in [4.69, 9.17) is 10.5 Å². The van der Waals surface area contributed by atoms with Gasteiger partial charge >= 0.3 is 0 Å². The zero-order valence-corrected chi connectivity index (χ0v) is 30.3. The van der Waals surface area contributed by atoms with Crippen LogP contribution in [0, 0.1) is 0 Å². The second kappa shape index (κ2) is 15.2. The lowest BCUT2D eigenvalue weighted by Gasteiger charge is -2.22. The maximum Gasteiger partial charge on any atom is 0.128 e. The van der Waals surface area contributed by atoms with Gasteiger partial charge in [0, 0.05) is 23.3 Å². The molecule has 1 aliphatic heterocycles. The Labute approximate surface area is 312 Å². The lowest BCUT2D eigenvalue weighted by Crippen LogP contribution is -2.28. The first kappa shape index (κ1) is 34.0. The molecule has 1 aliphatic carbocycles. The van der Waals surface area contributed by atoms with E-state index in [9.17, 15) is 0 Å². The van der Waals surface area contributed by atoms with E-state index in [0.717, 1.165) is 41.0 Å². The molecule has 0 radical (unpaired) electrons. The van der Waals surface area contributed by atoms with Crippen LogP contribution in [0.1, 0.15) is 54.3 Å². The highest BCUT2D eigenvalue weighted by molar-refractivity contribution is 6.08. The molecule has 2 atom stereocenters. The maximum absolute atomic E-state index is 7.10. The highest BCUT2D eigenvalue weighted by Gasteiger charge is 2.33. The summed E-state index contributed by atoms with van der Waals surface area (Å²) in [5.41, 5.74) is 18.6. The van der Waals surface area contributed by atoms with Crippen molar-refractivity contribution in [3.63, 3.8) is 0 Å². The van der Waals surface area contributed by atoms with E-state index in [0.29, 0.717) is 0 Å². The Morgan fingerprint density at radius 3 is 2.26 bits per heavy atom. The summed E-state index contributed by atoms with van der Waals surface area (Å²) >= 11 is 0. The Bertz CT molecular complexity index is 2490. The summed E-state index contributed by atoms with van der Waals surface area (Å²) in [7, 11) is 0. The molecule has 2 aliphatic rings. The summed E-state index contributed by atoms with van der Waals surface area (Å²) in [5, 5.41) is 8.78. The van der Waals surface area contributed by atoms with E-state index in [1.807, 2.05) is 19.9 Å². The SMILES string of the molecule is CC.NC(N/C(=C\Cc1cccc(-c2ccccc2)c1)c1ccccc1)c1cccc2c1C1=CC(c3ccc4c(ccc5ccccc54)c3)=CCC1O2. The van der Waals surface area contributed by atoms with E-state index in [1.165, 1.54) is 54.9 Å². The van der Waals surface area contributed by atoms with Crippen LogP contribution in [-0.4, -0.2) is 6.10 Å². The van der Waals surface area contributed by atoms with Crippen LogP contribution in [0.25, 0.3) is 49.5 Å². The van der Waals surface area contributed by atoms with Crippen LogP contribution in [0.4, 0.5) is 0 Å². The van der Waals surface area contributed by atoms with Crippen LogP contribution in [0.15, 0.2) is 176 Å². The van der Waals surface area contributed by atoms with E-state index in [1.54, 1.807) is 0 Å². The molecule has 7 aromatic carbocycles. The normalized spacial score (nSPS) is 15.3. The zero-order valence-electron chi connectivity index (χ0n) is 30.3. The summed E-state index contributed by atoms with van der Waals surface area (Å²) in [4.78, 5) is 0. The van der Waals surface area contributed by atoms with Crippen molar-refractivity contribution in [3.05, 3.63) is 204 Å². The minimum absolute atomic E-state index is 0.0254. The summed E-state index contributed by atoms with van der Waals surface area (Å²) in [6.45, 7) is 4.00. The Hall–Kier alpha value is -6.16. The first-order valence-electron chi connectivity index (χ1n) is 18.7. The van der Waals surface area contributed by atoms with Gasteiger partial charge in [0.25, 0.3) is 0 Å². The molecule has 0 saturated heterocycles. The van der Waals surface area contributed by atoms with Crippen molar-refractivity contribution >= 4 is 38.4 Å². The lowest BCUT2D eigenvalue weighted by atomic mass is 9.87. The number of hydrogen-bond donors (Lipinski definition) is 2. The fraction of sp³-hybridized carbons (Fsp3) is 0.120. The zero-order chi connectivity index (χ0) is 36.1. The maximum atomic E-state index is 7.10.